The molecule has 1 amide bonds. The van der Waals surface area contributed by atoms with Crippen molar-refractivity contribution in [2.75, 3.05) is 25.1 Å². The van der Waals surface area contributed by atoms with Crippen molar-refractivity contribution in [1.29, 1.82) is 0 Å². The number of hydrogen-bond acceptors (Lipinski definition) is 6. The number of benzene rings is 1. The molecule has 0 spiro atoms. The first-order valence-electron chi connectivity index (χ1n) is 7.99. The molecule has 0 fully saturated rings. The number of amides is 1. The molecule has 0 atom stereocenters. The van der Waals surface area contributed by atoms with Crippen LogP contribution in [0, 0.1) is 0 Å². The highest BCUT2D eigenvalue weighted by Crippen LogP contribution is 2.34. The molecule has 0 bridgehead atoms. The van der Waals surface area contributed by atoms with E-state index in [0.29, 0.717) is 41.2 Å². The molecule has 1 aromatic carbocycles. The molecule has 5 nitrogen and oxygen atoms in total. The summed E-state index contributed by atoms with van der Waals surface area (Å²) in [5, 5.41) is 6.09. The molecular formula is C18H17ClN2O3S2. The number of rotatable bonds is 8. The van der Waals surface area contributed by atoms with Gasteiger partial charge in [0.1, 0.15) is 16.5 Å². The Balaban J connectivity index is 1.72. The molecule has 0 aliphatic rings. The van der Waals surface area contributed by atoms with Crippen molar-refractivity contribution < 1.29 is 14.3 Å². The number of thiazole rings is 1. The topological polar surface area (TPSA) is 60.5 Å². The first-order chi connectivity index (χ1) is 12.7. The van der Waals surface area contributed by atoms with Gasteiger partial charge in [-0.3, -0.25) is 4.79 Å². The SMILES string of the molecule is CCOCCOc1c(Cl)cccc1NC(=O)c1cnc(-c2cccs2)s1. The van der Waals surface area contributed by atoms with Gasteiger partial charge in [-0.15, -0.1) is 22.7 Å². The average molecular weight is 409 g/mol. The fraction of sp³-hybridized carbons (Fsp3) is 0.222. The highest BCUT2D eigenvalue weighted by molar-refractivity contribution is 7.22. The van der Waals surface area contributed by atoms with E-state index in [9.17, 15) is 4.79 Å². The maximum atomic E-state index is 12.6. The summed E-state index contributed by atoms with van der Waals surface area (Å²) in [5.74, 6) is 0.187. The molecule has 0 unspecified atom stereocenters. The van der Waals surface area contributed by atoms with Crippen LogP contribution in [0.3, 0.4) is 0 Å². The number of aromatic nitrogens is 1. The number of ether oxygens (including phenoxy) is 2. The van der Waals surface area contributed by atoms with Gasteiger partial charge in [0.25, 0.3) is 5.91 Å². The number of para-hydroxylation sites is 1. The molecular weight excluding hydrogens is 392 g/mol. The Bertz CT molecular complexity index is 865. The van der Waals surface area contributed by atoms with Crippen LogP contribution in [0.1, 0.15) is 16.6 Å². The summed E-state index contributed by atoms with van der Waals surface area (Å²) in [4.78, 5) is 18.5. The Morgan fingerprint density at radius 3 is 2.92 bits per heavy atom. The first kappa shape index (κ1) is 18.8. The zero-order valence-corrected chi connectivity index (χ0v) is 16.4. The third-order valence-corrected chi connectivity index (χ3v) is 5.69. The molecule has 8 heteroatoms. The predicted octanol–water partition coefficient (Wildman–Crippen LogP) is 5.19. The van der Waals surface area contributed by atoms with Crippen molar-refractivity contribution in [1.82, 2.24) is 4.98 Å². The zero-order chi connectivity index (χ0) is 18.4. The van der Waals surface area contributed by atoms with Gasteiger partial charge in [0.2, 0.25) is 0 Å². The number of thiophene rings is 1. The van der Waals surface area contributed by atoms with Gasteiger partial charge in [0.15, 0.2) is 5.75 Å². The minimum Gasteiger partial charge on any atom is -0.487 e. The van der Waals surface area contributed by atoms with Crippen LogP contribution >= 0.6 is 34.3 Å². The average Bonchev–Trinajstić information content (AvgIpc) is 3.31. The molecule has 3 rings (SSSR count). The number of carbonyl (C=O) groups is 1. The highest BCUT2D eigenvalue weighted by Gasteiger charge is 2.16. The van der Waals surface area contributed by atoms with Gasteiger partial charge in [0.05, 0.1) is 28.4 Å². The van der Waals surface area contributed by atoms with E-state index >= 15 is 0 Å². The van der Waals surface area contributed by atoms with Crippen LogP contribution in [0.5, 0.6) is 5.75 Å². The smallest absolute Gasteiger partial charge is 0.267 e. The molecule has 26 heavy (non-hydrogen) atoms. The van der Waals surface area contributed by atoms with Crippen LogP contribution < -0.4 is 10.1 Å². The number of nitrogens with one attached hydrogen (secondary N) is 1. The second-order valence-electron chi connectivity index (χ2n) is 5.12. The van der Waals surface area contributed by atoms with Crippen LogP contribution in [0.2, 0.25) is 5.02 Å². The van der Waals surface area contributed by atoms with E-state index in [4.69, 9.17) is 21.1 Å². The van der Waals surface area contributed by atoms with Crippen molar-refractivity contribution in [2.24, 2.45) is 0 Å². The molecule has 0 aliphatic carbocycles. The summed E-state index contributed by atoms with van der Waals surface area (Å²) in [5.41, 5.74) is 0.519. The first-order valence-corrected chi connectivity index (χ1v) is 10.1. The standard InChI is InChI=1S/C18H17ClN2O3S2/c1-2-23-8-9-24-16-12(19)5-3-6-13(16)21-17(22)15-11-20-18(26-15)14-7-4-10-25-14/h3-7,10-11H,2,8-9H2,1H3,(H,21,22). The van der Waals surface area contributed by atoms with Crippen molar-refractivity contribution in [3.05, 3.63) is 51.8 Å². The maximum Gasteiger partial charge on any atom is 0.267 e. The van der Waals surface area contributed by atoms with Crippen molar-refractivity contribution in [3.63, 3.8) is 0 Å². The van der Waals surface area contributed by atoms with Crippen molar-refractivity contribution >= 4 is 45.9 Å². The van der Waals surface area contributed by atoms with E-state index in [0.717, 1.165) is 9.88 Å². The number of carbonyl (C=O) groups excluding carboxylic acids is 1. The van der Waals surface area contributed by atoms with Gasteiger partial charge in [-0.2, -0.15) is 0 Å². The Hall–Kier alpha value is -1.93. The quantitative estimate of drug-likeness (QED) is 0.521. The van der Waals surface area contributed by atoms with Crippen LogP contribution in [0.25, 0.3) is 9.88 Å². The normalized spacial score (nSPS) is 10.7. The molecule has 0 saturated carbocycles. The zero-order valence-electron chi connectivity index (χ0n) is 14.0. The summed E-state index contributed by atoms with van der Waals surface area (Å²) < 4.78 is 11.0. The monoisotopic (exact) mass is 408 g/mol. The van der Waals surface area contributed by atoms with Crippen LogP contribution in [0.4, 0.5) is 5.69 Å². The second kappa shape index (κ2) is 9.14. The van der Waals surface area contributed by atoms with Gasteiger partial charge in [0, 0.05) is 6.61 Å². The van der Waals surface area contributed by atoms with E-state index in [1.165, 1.54) is 11.3 Å². The summed E-state index contributed by atoms with van der Waals surface area (Å²) in [6.45, 7) is 3.34. The van der Waals surface area contributed by atoms with Gasteiger partial charge < -0.3 is 14.8 Å². The summed E-state index contributed by atoms with van der Waals surface area (Å²) in [7, 11) is 0. The molecule has 2 heterocycles. The van der Waals surface area contributed by atoms with Gasteiger partial charge in [-0.05, 0) is 30.5 Å². The van der Waals surface area contributed by atoms with E-state index in [1.807, 2.05) is 24.4 Å². The number of hydrogen-bond donors (Lipinski definition) is 1. The fourth-order valence-corrected chi connectivity index (χ4v) is 4.02. The lowest BCUT2D eigenvalue weighted by Crippen LogP contribution is -2.13. The van der Waals surface area contributed by atoms with Gasteiger partial charge in [-0.1, -0.05) is 23.7 Å². The van der Waals surface area contributed by atoms with Gasteiger partial charge in [-0.25, -0.2) is 4.98 Å². The molecule has 2 aromatic heterocycles. The van der Waals surface area contributed by atoms with E-state index < -0.39 is 0 Å². The van der Waals surface area contributed by atoms with E-state index in [1.54, 1.807) is 35.7 Å². The van der Waals surface area contributed by atoms with Crippen LogP contribution in [0.15, 0.2) is 41.9 Å². The lowest BCUT2D eigenvalue weighted by Gasteiger charge is -2.13. The minimum atomic E-state index is -0.248. The molecule has 1 N–H and O–H groups in total. The van der Waals surface area contributed by atoms with Crippen molar-refractivity contribution in [3.8, 4) is 15.6 Å². The third-order valence-electron chi connectivity index (χ3n) is 3.35. The highest BCUT2D eigenvalue weighted by atomic mass is 35.5. The Labute approximate surface area is 164 Å². The third kappa shape index (κ3) is 4.62. The molecule has 3 aromatic rings. The largest absolute Gasteiger partial charge is 0.487 e. The maximum absolute atomic E-state index is 12.6. The summed E-state index contributed by atoms with van der Waals surface area (Å²) in [6, 6.07) is 9.17. The van der Waals surface area contributed by atoms with Gasteiger partial charge >= 0.3 is 0 Å². The Kier molecular flexibility index (Phi) is 6.62. The summed E-state index contributed by atoms with van der Waals surface area (Å²) >= 11 is 9.15. The second-order valence-corrected chi connectivity index (χ2v) is 7.51. The Morgan fingerprint density at radius 1 is 1.27 bits per heavy atom. The fourth-order valence-electron chi connectivity index (χ4n) is 2.18. The summed E-state index contributed by atoms with van der Waals surface area (Å²) in [6.07, 6.45) is 1.58. The predicted molar refractivity (Wildman–Crippen MR) is 107 cm³/mol. The number of halogens is 1. The van der Waals surface area contributed by atoms with E-state index in [-0.39, 0.29) is 5.91 Å². The van der Waals surface area contributed by atoms with E-state index in [2.05, 4.69) is 10.3 Å². The minimum absolute atomic E-state index is 0.248. The lowest BCUT2D eigenvalue weighted by atomic mass is 10.3. The molecule has 136 valence electrons. The Morgan fingerprint density at radius 2 is 2.15 bits per heavy atom. The molecule has 0 saturated heterocycles. The van der Waals surface area contributed by atoms with Crippen LogP contribution in [-0.2, 0) is 4.74 Å². The molecule has 0 radical (unpaired) electrons. The molecule has 0 aliphatic heterocycles. The van der Waals surface area contributed by atoms with Crippen LogP contribution in [-0.4, -0.2) is 30.7 Å². The van der Waals surface area contributed by atoms with Crippen molar-refractivity contribution in [2.45, 2.75) is 6.92 Å². The lowest BCUT2D eigenvalue weighted by molar-refractivity contribution is 0.102. The number of anilines is 1. The number of nitrogens with zero attached hydrogens (tertiary/aromatic N) is 1.